The molecule has 0 aromatic rings. The highest BCUT2D eigenvalue weighted by Gasteiger charge is 2.42. The number of β-lactam (4-membered cyclic amide) rings is 1. The lowest BCUT2D eigenvalue weighted by Gasteiger charge is -2.35. The van der Waals surface area contributed by atoms with Crippen molar-refractivity contribution in [2.75, 3.05) is 6.54 Å². The lowest BCUT2D eigenvalue weighted by Crippen LogP contribution is -2.67. The van der Waals surface area contributed by atoms with E-state index in [0.29, 0.717) is 4.90 Å². The number of carbonyl (C=O) groups excluding carboxylic acids is 2. The molecule has 0 radical (unpaired) electrons. The van der Waals surface area contributed by atoms with Crippen molar-refractivity contribution < 1.29 is 27.9 Å². The first-order valence-electron chi connectivity index (χ1n) is 3.78. The third-order valence-corrected chi connectivity index (χ3v) is 2.33. The zero-order valence-corrected chi connectivity index (χ0v) is 9.08. The highest BCUT2D eigenvalue weighted by Crippen LogP contribution is 2.10. The Bertz CT molecular complexity index is 447. The molecule has 1 saturated heterocycles. The van der Waals surface area contributed by atoms with Crippen molar-refractivity contribution in [2.45, 2.75) is 6.04 Å². The maximum absolute atomic E-state index is 11.1. The molecule has 4 amide bonds. The molecule has 0 aromatic heterocycles. The molecule has 3 N–H and O–H groups in total. The summed E-state index contributed by atoms with van der Waals surface area (Å²) in [7, 11) is 0.448. The third-order valence-electron chi connectivity index (χ3n) is 1.68. The fraction of sp³-hybridized carbons (Fsp3) is 0.400. The second kappa shape index (κ2) is 4.14. The number of hydrogen-bond donors (Lipinski definition) is 3. The fourth-order valence-electron chi connectivity index (χ4n) is 1.03. The van der Waals surface area contributed by atoms with Gasteiger partial charge in [-0.05, 0) is 0 Å². The van der Waals surface area contributed by atoms with Gasteiger partial charge in [-0.15, -0.1) is 0 Å². The summed E-state index contributed by atoms with van der Waals surface area (Å²) in [5, 5.41) is 10.1. The quantitative estimate of drug-likeness (QED) is 0.420. The Labute approximate surface area is 93.9 Å². The van der Waals surface area contributed by atoms with Gasteiger partial charge in [0.15, 0.2) is 0 Å². The monoisotopic (exact) mass is 271 g/mol. The summed E-state index contributed by atoms with van der Waals surface area (Å²) in [5.41, 5.74) is 0. The molecular formula is C5H6ClN3O6S. The Morgan fingerprint density at radius 3 is 2.44 bits per heavy atom. The summed E-state index contributed by atoms with van der Waals surface area (Å²) in [6, 6.07) is -2.26. The lowest BCUT2D eigenvalue weighted by atomic mass is 10.1. The minimum Gasteiger partial charge on any atom is -0.465 e. The second-order valence-corrected chi connectivity index (χ2v) is 5.09. The summed E-state index contributed by atoms with van der Waals surface area (Å²) < 4.78 is 22.2. The number of rotatable bonds is 2. The number of imide groups is 1. The predicted molar refractivity (Wildman–Crippen MR) is 50.0 cm³/mol. The molecule has 0 spiro atoms. The van der Waals surface area contributed by atoms with Crippen LogP contribution >= 0.6 is 10.7 Å². The van der Waals surface area contributed by atoms with Crippen molar-refractivity contribution in [3.05, 3.63) is 0 Å². The molecule has 9 nitrogen and oxygen atoms in total. The molecule has 1 atom stereocenters. The summed E-state index contributed by atoms with van der Waals surface area (Å²) in [5.74, 6) is -0.847. The molecule has 16 heavy (non-hydrogen) atoms. The summed E-state index contributed by atoms with van der Waals surface area (Å²) >= 11 is 0. The smallest absolute Gasteiger partial charge is 0.405 e. The van der Waals surface area contributed by atoms with Crippen LogP contribution in [-0.2, 0) is 14.0 Å². The first-order valence-corrected chi connectivity index (χ1v) is 6.09. The Morgan fingerprint density at radius 1 is 1.50 bits per heavy atom. The van der Waals surface area contributed by atoms with Gasteiger partial charge in [-0.3, -0.25) is 9.69 Å². The van der Waals surface area contributed by atoms with E-state index in [1.807, 2.05) is 5.32 Å². The normalized spacial score (nSPS) is 19.9. The van der Waals surface area contributed by atoms with Gasteiger partial charge < -0.3 is 10.4 Å². The first kappa shape index (κ1) is 12.5. The maximum Gasteiger partial charge on any atom is 0.405 e. The number of amides is 4. The molecular weight excluding hydrogens is 266 g/mol. The number of likely N-dealkylation sites (tertiary alicyclic amines) is 1. The average molecular weight is 272 g/mol. The number of nitrogens with zero attached hydrogens (tertiary/aromatic N) is 1. The zero-order valence-electron chi connectivity index (χ0n) is 7.51. The number of urea groups is 1. The van der Waals surface area contributed by atoms with E-state index in [2.05, 4.69) is 0 Å². The minimum absolute atomic E-state index is 0.247. The van der Waals surface area contributed by atoms with Crippen LogP contribution in [0.25, 0.3) is 0 Å². The van der Waals surface area contributed by atoms with Crippen molar-refractivity contribution in [2.24, 2.45) is 0 Å². The largest absolute Gasteiger partial charge is 0.465 e. The van der Waals surface area contributed by atoms with E-state index in [0.717, 1.165) is 0 Å². The molecule has 1 unspecified atom stereocenters. The van der Waals surface area contributed by atoms with E-state index in [9.17, 15) is 22.8 Å². The zero-order chi connectivity index (χ0) is 12.5. The molecule has 11 heteroatoms. The van der Waals surface area contributed by atoms with Gasteiger partial charge in [0.25, 0.3) is 5.91 Å². The molecule has 90 valence electrons. The minimum atomic E-state index is -4.27. The van der Waals surface area contributed by atoms with E-state index in [-0.39, 0.29) is 6.54 Å². The van der Waals surface area contributed by atoms with Gasteiger partial charge in [0.1, 0.15) is 6.04 Å². The molecule has 0 bridgehead atoms. The SMILES string of the molecule is O=C(O)NC1CN(C(=O)NS(=O)(=O)Cl)C1=O. The van der Waals surface area contributed by atoms with Gasteiger partial charge in [0, 0.05) is 10.7 Å². The van der Waals surface area contributed by atoms with E-state index in [1.165, 1.54) is 4.72 Å². The Morgan fingerprint density at radius 2 is 2.06 bits per heavy atom. The predicted octanol–water partition coefficient (Wildman–Crippen LogP) is -1.34. The molecule has 1 aliphatic rings. The number of carboxylic acid groups (broad SMARTS) is 1. The van der Waals surface area contributed by atoms with E-state index in [4.69, 9.17) is 15.8 Å². The van der Waals surface area contributed by atoms with Gasteiger partial charge in [-0.25, -0.2) is 14.3 Å². The Kier molecular flexibility index (Phi) is 3.24. The van der Waals surface area contributed by atoms with Crippen LogP contribution in [-0.4, -0.2) is 49.0 Å². The molecule has 1 heterocycles. The van der Waals surface area contributed by atoms with Crippen LogP contribution in [0.5, 0.6) is 0 Å². The van der Waals surface area contributed by atoms with Gasteiger partial charge in [0.05, 0.1) is 6.54 Å². The molecule has 1 fully saturated rings. The van der Waals surface area contributed by atoms with Crippen LogP contribution in [0.2, 0.25) is 0 Å². The van der Waals surface area contributed by atoms with Crippen LogP contribution in [0.15, 0.2) is 0 Å². The van der Waals surface area contributed by atoms with Gasteiger partial charge >= 0.3 is 21.4 Å². The number of hydrogen-bond acceptors (Lipinski definition) is 5. The number of nitrogens with one attached hydrogen (secondary N) is 2. The van der Waals surface area contributed by atoms with E-state index < -0.39 is 33.3 Å². The van der Waals surface area contributed by atoms with Gasteiger partial charge in [-0.2, -0.15) is 8.42 Å². The second-order valence-electron chi connectivity index (χ2n) is 2.80. The lowest BCUT2D eigenvalue weighted by molar-refractivity contribution is -0.138. The van der Waals surface area contributed by atoms with Crippen molar-refractivity contribution >= 4 is 38.0 Å². The molecule has 0 saturated carbocycles. The van der Waals surface area contributed by atoms with Crippen LogP contribution < -0.4 is 10.0 Å². The van der Waals surface area contributed by atoms with Gasteiger partial charge in [0.2, 0.25) is 0 Å². The van der Waals surface area contributed by atoms with Crippen LogP contribution in [0.1, 0.15) is 0 Å². The molecule has 0 aromatic carbocycles. The third kappa shape index (κ3) is 2.97. The topological polar surface area (TPSA) is 133 Å². The molecule has 0 aliphatic carbocycles. The first-order chi connectivity index (χ1) is 7.20. The van der Waals surface area contributed by atoms with Crippen molar-refractivity contribution in [1.82, 2.24) is 14.9 Å². The number of carbonyl (C=O) groups is 3. The van der Waals surface area contributed by atoms with Crippen LogP contribution in [0.4, 0.5) is 9.59 Å². The summed E-state index contributed by atoms with van der Waals surface area (Å²) in [6.45, 7) is -0.247. The van der Waals surface area contributed by atoms with Crippen molar-refractivity contribution in [1.29, 1.82) is 0 Å². The van der Waals surface area contributed by atoms with Gasteiger partial charge in [-0.1, -0.05) is 0 Å². The van der Waals surface area contributed by atoms with Crippen LogP contribution in [0.3, 0.4) is 0 Å². The van der Waals surface area contributed by atoms with Crippen molar-refractivity contribution in [3.8, 4) is 0 Å². The molecule has 1 aliphatic heterocycles. The van der Waals surface area contributed by atoms with E-state index in [1.54, 1.807) is 0 Å². The number of halogens is 1. The summed E-state index contributed by atoms with van der Waals surface area (Å²) in [6.07, 6.45) is -1.41. The highest BCUT2D eigenvalue weighted by atomic mass is 35.7. The maximum atomic E-state index is 11.1. The highest BCUT2D eigenvalue weighted by molar-refractivity contribution is 8.12. The van der Waals surface area contributed by atoms with Crippen LogP contribution in [0, 0.1) is 0 Å². The average Bonchev–Trinajstić information content (AvgIpc) is 2.07. The van der Waals surface area contributed by atoms with Crippen molar-refractivity contribution in [3.63, 3.8) is 0 Å². The Balaban J connectivity index is 2.53. The summed E-state index contributed by atoms with van der Waals surface area (Å²) in [4.78, 5) is 32.8. The van der Waals surface area contributed by atoms with E-state index >= 15 is 0 Å². The Hall–Kier alpha value is -1.55. The molecule has 1 rings (SSSR count). The fourth-order valence-corrected chi connectivity index (χ4v) is 1.54. The standard InChI is InChI=1S/C5H6ClN3O6S/c6-16(14,15)8-4(11)9-1-2(3(9)10)7-5(12)13/h2,7H,1H2,(H,8,11)(H,12,13).